The predicted octanol–water partition coefficient (Wildman–Crippen LogP) is 7.85. The Labute approximate surface area is 274 Å². The Hall–Kier alpha value is -5.24. The molecule has 1 N–H and O–H groups in total. The van der Waals surface area contributed by atoms with Crippen LogP contribution in [0.25, 0.3) is 35.3 Å². The minimum atomic E-state index is -1.11. The monoisotopic (exact) mass is 632 g/mol. The molecule has 242 valence electrons. The van der Waals surface area contributed by atoms with Crippen molar-refractivity contribution in [2.45, 2.75) is 52.9 Å². The number of Topliss-reactive ketones (excluding diaryl/α,β-unsaturated/α-hetero) is 1. The van der Waals surface area contributed by atoms with Crippen LogP contribution in [-0.4, -0.2) is 42.4 Å². The Bertz CT molecular complexity index is 1910. The number of ketones is 1. The second kappa shape index (κ2) is 14.9. The molecule has 1 amide bonds. The van der Waals surface area contributed by atoms with Crippen molar-refractivity contribution in [3.8, 4) is 0 Å². The third-order valence-corrected chi connectivity index (χ3v) is 8.57. The smallest absolute Gasteiger partial charge is 0.343 e. The van der Waals surface area contributed by atoms with E-state index >= 15 is 0 Å². The fourth-order valence-corrected chi connectivity index (χ4v) is 5.75. The molecule has 0 atom stereocenters. The number of carbonyl (C=O) groups excluding carboxylic acids is 2. The van der Waals surface area contributed by atoms with E-state index in [1.54, 1.807) is 18.2 Å². The molecule has 0 bridgehead atoms. The van der Waals surface area contributed by atoms with Gasteiger partial charge < -0.3 is 19.3 Å². The van der Waals surface area contributed by atoms with E-state index in [9.17, 15) is 24.3 Å². The first-order chi connectivity index (χ1) is 22.7. The molecule has 0 unspecified atom stereocenters. The molecule has 2 heterocycles. The summed E-state index contributed by atoms with van der Waals surface area (Å²) in [6.07, 6.45) is 11.9. The van der Waals surface area contributed by atoms with Crippen LogP contribution in [-0.2, 0) is 9.59 Å². The average molecular weight is 633 g/mol. The summed E-state index contributed by atoms with van der Waals surface area (Å²) < 4.78 is 5.82. The van der Waals surface area contributed by atoms with E-state index in [4.69, 9.17) is 4.42 Å². The molecule has 0 spiro atoms. The maximum absolute atomic E-state index is 13.1. The molecule has 1 aliphatic heterocycles. The van der Waals surface area contributed by atoms with Gasteiger partial charge in [0.2, 0.25) is 5.78 Å². The van der Waals surface area contributed by atoms with Crippen LogP contribution in [0.5, 0.6) is 0 Å². The van der Waals surface area contributed by atoms with E-state index in [-0.39, 0.29) is 24.2 Å². The van der Waals surface area contributed by atoms with Crippen LogP contribution >= 0.6 is 0 Å². The quantitative estimate of drug-likeness (QED) is 0.0908. The maximum Gasteiger partial charge on any atom is 0.343 e. The SMILES string of the molecule is CCCCN(CCCC)c1ccc2c(C)c(/C=C/c3ccc(/C=C/c4ccc(C(=O)O)cc4N4CCC(=O)C4=O)cc3)c(=O)oc2c1. The summed E-state index contributed by atoms with van der Waals surface area (Å²) in [7, 11) is 0. The number of aromatic carboxylic acids is 1. The van der Waals surface area contributed by atoms with E-state index in [0.29, 0.717) is 22.4 Å². The lowest BCUT2D eigenvalue weighted by atomic mass is 10.0. The van der Waals surface area contributed by atoms with Crippen molar-refractivity contribution in [1.82, 2.24) is 0 Å². The van der Waals surface area contributed by atoms with Crippen molar-refractivity contribution in [3.05, 3.63) is 104 Å². The van der Waals surface area contributed by atoms with Crippen LogP contribution in [0.2, 0.25) is 0 Å². The Morgan fingerprint density at radius 3 is 2.13 bits per heavy atom. The van der Waals surface area contributed by atoms with Crippen LogP contribution in [0.1, 0.15) is 84.1 Å². The Morgan fingerprint density at radius 2 is 1.53 bits per heavy atom. The number of rotatable bonds is 13. The molecule has 8 nitrogen and oxygen atoms in total. The lowest BCUT2D eigenvalue weighted by Gasteiger charge is -2.25. The largest absolute Gasteiger partial charge is 0.478 e. The van der Waals surface area contributed by atoms with Crippen LogP contribution < -0.4 is 15.4 Å². The van der Waals surface area contributed by atoms with Gasteiger partial charge in [0, 0.05) is 43.2 Å². The lowest BCUT2D eigenvalue weighted by Crippen LogP contribution is -2.27. The van der Waals surface area contributed by atoms with Gasteiger partial charge >= 0.3 is 11.6 Å². The molecular weight excluding hydrogens is 592 g/mol. The summed E-state index contributed by atoms with van der Waals surface area (Å²) >= 11 is 0. The highest BCUT2D eigenvalue weighted by molar-refractivity contribution is 6.43. The number of anilines is 2. The topological polar surface area (TPSA) is 108 Å². The van der Waals surface area contributed by atoms with Gasteiger partial charge in [-0.1, -0.05) is 75.2 Å². The first-order valence-electron chi connectivity index (χ1n) is 16.2. The zero-order valence-corrected chi connectivity index (χ0v) is 27.1. The number of amides is 1. The minimum absolute atomic E-state index is 0.0392. The third kappa shape index (κ3) is 7.60. The zero-order valence-electron chi connectivity index (χ0n) is 27.1. The Balaban J connectivity index is 1.34. The van der Waals surface area contributed by atoms with Crippen molar-refractivity contribution < 1.29 is 23.9 Å². The molecule has 1 saturated heterocycles. The van der Waals surface area contributed by atoms with Crippen LogP contribution in [0.4, 0.5) is 11.4 Å². The summed E-state index contributed by atoms with van der Waals surface area (Å²) in [5.41, 5.74) is 5.51. The van der Waals surface area contributed by atoms with Crippen LogP contribution in [0.3, 0.4) is 0 Å². The number of benzene rings is 3. The Kier molecular flexibility index (Phi) is 10.5. The molecule has 1 fully saturated rings. The summed E-state index contributed by atoms with van der Waals surface area (Å²) in [5, 5.41) is 10.4. The molecule has 0 saturated carbocycles. The average Bonchev–Trinajstić information content (AvgIpc) is 3.40. The van der Waals surface area contributed by atoms with Gasteiger partial charge in [-0.15, -0.1) is 0 Å². The third-order valence-electron chi connectivity index (χ3n) is 8.57. The first-order valence-corrected chi connectivity index (χ1v) is 16.2. The number of nitrogens with zero attached hydrogens (tertiary/aromatic N) is 2. The molecule has 8 heteroatoms. The van der Waals surface area contributed by atoms with Crippen LogP contribution in [0, 0.1) is 6.92 Å². The number of hydrogen-bond donors (Lipinski definition) is 1. The predicted molar refractivity (Wildman–Crippen MR) is 189 cm³/mol. The van der Waals surface area contributed by atoms with Crippen molar-refractivity contribution in [3.63, 3.8) is 0 Å². The van der Waals surface area contributed by atoms with Gasteiger partial charge in [0.25, 0.3) is 5.91 Å². The summed E-state index contributed by atoms with van der Waals surface area (Å²) in [6, 6.07) is 18.4. The highest BCUT2D eigenvalue weighted by atomic mass is 16.4. The molecule has 3 aromatic carbocycles. The maximum atomic E-state index is 13.1. The standard InChI is InChI=1S/C39H40N2O6/c1-4-6-21-40(22-7-5-2)31-17-19-32-26(3)33(39(46)47-36(32)25-31)18-13-28-10-8-27(9-11-28)12-14-29-15-16-30(38(44)45)24-34(29)41-23-20-35(42)37(41)43/h8-19,24-25H,4-7,20-23H2,1-3H3,(H,44,45)/b14-12+,18-13+. The van der Waals surface area contributed by atoms with Crippen molar-refractivity contribution >= 4 is 64.3 Å². The molecule has 1 aromatic heterocycles. The number of aryl methyl sites for hydroxylation is 1. The molecule has 0 radical (unpaired) electrons. The minimum Gasteiger partial charge on any atom is -0.478 e. The van der Waals surface area contributed by atoms with E-state index in [2.05, 4.69) is 24.8 Å². The van der Waals surface area contributed by atoms with Gasteiger partial charge in [-0.05, 0) is 72.4 Å². The fourth-order valence-electron chi connectivity index (χ4n) is 5.75. The second-order valence-corrected chi connectivity index (χ2v) is 11.8. The molecule has 1 aliphatic rings. The Morgan fingerprint density at radius 1 is 0.872 bits per heavy atom. The van der Waals surface area contributed by atoms with Gasteiger partial charge in [-0.25, -0.2) is 9.59 Å². The van der Waals surface area contributed by atoms with Crippen molar-refractivity contribution in [1.29, 1.82) is 0 Å². The second-order valence-electron chi connectivity index (χ2n) is 11.8. The first kappa shape index (κ1) is 33.1. The van der Waals surface area contributed by atoms with Gasteiger partial charge in [0.1, 0.15) is 5.58 Å². The van der Waals surface area contributed by atoms with Gasteiger partial charge in [-0.2, -0.15) is 0 Å². The summed E-state index contributed by atoms with van der Waals surface area (Å²) in [4.78, 5) is 52.6. The number of fused-ring (bicyclic) bond motifs is 1. The lowest BCUT2D eigenvalue weighted by molar-refractivity contribution is -0.133. The van der Waals surface area contributed by atoms with Crippen molar-refractivity contribution in [2.75, 3.05) is 29.4 Å². The number of carboxylic acids is 1. The number of carbonyl (C=O) groups is 3. The van der Waals surface area contributed by atoms with E-state index < -0.39 is 17.7 Å². The van der Waals surface area contributed by atoms with E-state index in [1.165, 1.54) is 17.0 Å². The molecule has 0 aliphatic carbocycles. The van der Waals surface area contributed by atoms with Gasteiger partial charge in [0.05, 0.1) is 16.8 Å². The number of carboxylic acid groups (broad SMARTS) is 1. The zero-order chi connectivity index (χ0) is 33.5. The van der Waals surface area contributed by atoms with E-state index in [0.717, 1.165) is 66.5 Å². The number of unbranched alkanes of at least 4 members (excludes halogenated alkanes) is 2. The molecule has 4 aromatic rings. The molecule has 47 heavy (non-hydrogen) atoms. The van der Waals surface area contributed by atoms with Crippen LogP contribution in [0.15, 0.2) is 69.9 Å². The summed E-state index contributed by atoms with van der Waals surface area (Å²) in [6.45, 7) is 8.49. The van der Waals surface area contributed by atoms with Crippen molar-refractivity contribution in [2.24, 2.45) is 0 Å². The van der Waals surface area contributed by atoms with Gasteiger partial charge in [-0.3, -0.25) is 9.59 Å². The highest BCUT2D eigenvalue weighted by Crippen LogP contribution is 2.29. The molecule has 5 rings (SSSR count). The number of hydrogen-bond acceptors (Lipinski definition) is 6. The highest BCUT2D eigenvalue weighted by Gasteiger charge is 2.31. The molecular formula is C39H40N2O6. The van der Waals surface area contributed by atoms with E-state index in [1.807, 2.05) is 55.5 Å². The normalized spacial score (nSPS) is 13.5. The fraction of sp³-hybridized carbons (Fsp3) is 0.282. The summed E-state index contributed by atoms with van der Waals surface area (Å²) in [5.74, 6) is -2.22. The van der Waals surface area contributed by atoms with Gasteiger partial charge in [0.15, 0.2) is 0 Å².